The molecule has 3 heteroatoms. The molecule has 5 rings (SSSR count). The molecule has 0 amide bonds. The lowest BCUT2D eigenvalue weighted by atomic mass is 9.56. The van der Waals surface area contributed by atoms with Gasteiger partial charge >= 0.3 is 0 Å². The second-order valence-electron chi connectivity index (χ2n) is 5.58. The Hall–Kier alpha value is -1.31. The Bertz CT molecular complexity index is 682. The highest BCUT2D eigenvalue weighted by molar-refractivity contribution is 6.33. The summed E-state index contributed by atoms with van der Waals surface area (Å²) < 4.78 is 0. The molecule has 0 N–H and O–H groups in total. The van der Waals surface area contributed by atoms with Crippen molar-refractivity contribution in [1.29, 1.82) is 0 Å². The predicted octanol–water partition coefficient (Wildman–Crippen LogP) is 4.72. The number of aldehydes is 1. The first-order valence-electron chi connectivity index (χ1n) is 6.73. The van der Waals surface area contributed by atoms with Crippen molar-refractivity contribution in [2.75, 3.05) is 0 Å². The van der Waals surface area contributed by atoms with Crippen LogP contribution in [-0.4, -0.2) is 6.29 Å². The van der Waals surface area contributed by atoms with Crippen molar-refractivity contribution in [1.82, 2.24) is 0 Å². The van der Waals surface area contributed by atoms with Crippen LogP contribution in [0.25, 0.3) is 0 Å². The van der Waals surface area contributed by atoms with Crippen molar-refractivity contribution < 1.29 is 4.79 Å². The van der Waals surface area contributed by atoms with Gasteiger partial charge in [0.1, 0.15) is 6.29 Å². The van der Waals surface area contributed by atoms with E-state index < -0.39 is 5.41 Å². The Labute approximate surface area is 127 Å². The number of hydrogen-bond acceptors (Lipinski definition) is 1. The Morgan fingerprint density at radius 3 is 2.05 bits per heavy atom. The number of carbonyl (C=O) groups excluding carboxylic acids is 1. The molecule has 2 aromatic carbocycles. The van der Waals surface area contributed by atoms with Crippen LogP contribution >= 0.6 is 23.2 Å². The summed E-state index contributed by atoms with van der Waals surface area (Å²) in [5.74, 6) is 0.212. The Balaban J connectivity index is 2.16. The van der Waals surface area contributed by atoms with Crippen molar-refractivity contribution in [3.63, 3.8) is 0 Å². The molecule has 100 valence electrons. The summed E-state index contributed by atoms with van der Waals surface area (Å²) in [5.41, 5.74) is 3.73. The zero-order valence-electron chi connectivity index (χ0n) is 10.7. The van der Waals surface area contributed by atoms with Gasteiger partial charge in [0.15, 0.2) is 0 Å². The quantitative estimate of drug-likeness (QED) is 0.697. The van der Waals surface area contributed by atoms with Crippen LogP contribution in [0.2, 0.25) is 10.0 Å². The molecule has 0 heterocycles. The lowest BCUT2D eigenvalue weighted by Gasteiger charge is -2.47. The molecule has 0 saturated heterocycles. The molecule has 3 aliphatic carbocycles. The van der Waals surface area contributed by atoms with E-state index >= 15 is 0 Å². The van der Waals surface area contributed by atoms with E-state index in [4.69, 9.17) is 23.2 Å². The Kier molecular flexibility index (Phi) is 2.55. The third-order valence-electron chi connectivity index (χ3n) is 4.79. The average Bonchev–Trinajstić information content (AvgIpc) is 2.48. The van der Waals surface area contributed by atoms with Crippen molar-refractivity contribution in [3.05, 3.63) is 68.7 Å². The summed E-state index contributed by atoms with van der Waals surface area (Å²) in [4.78, 5) is 12.0. The van der Waals surface area contributed by atoms with E-state index in [1.807, 2.05) is 36.4 Å². The summed E-state index contributed by atoms with van der Waals surface area (Å²) in [6.45, 7) is 0. The molecular weight excluding hydrogens is 291 g/mol. The highest BCUT2D eigenvalue weighted by Gasteiger charge is 2.49. The smallest absolute Gasteiger partial charge is 0.134 e. The summed E-state index contributed by atoms with van der Waals surface area (Å²) in [6, 6.07) is 11.7. The molecule has 2 aromatic rings. The van der Waals surface area contributed by atoms with Gasteiger partial charge in [-0.1, -0.05) is 47.5 Å². The number of benzene rings is 2. The third kappa shape index (κ3) is 1.32. The molecule has 3 aliphatic rings. The van der Waals surface area contributed by atoms with Crippen LogP contribution in [0, 0.1) is 0 Å². The van der Waals surface area contributed by atoms with E-state index in [1.165, 1.54) is 0 Å². The van der Waals surface area contributed by atoms with E-state index in [0.717, 1.165) is 51.4 Å². The van der Waals surface area contributed by atoms with Crippen molar-refractivity contribution >= 4 is 29.5 Å². The highest BCUT2D eigenvalue weighted by Crippen LogP contribution is 2.58. The Morgan fingerprint density at radius 2 is 1.55 bits per heavy atom. The fraction of sp³-hybridized carbons (Fsp3) is 0.235. The van der Waals surface area contributed by atoms with E-state index in [1.54, 1.807) is 0 Å². The van der Waals surface area contributed by atoms with E-state index in [2.05, 4.69) is 0 Å². The fourth-order valence-corrected chi connectivity index (χ4v) is 4.58. The molecule has 0 aliphatic heterocycles. The molecule has 0 unspecified atom stereocenters. The molecule has 1 nitrogen and oxygen atoms in total. The topological polar surface area (TPSA) is 17.1 Å². The molecular formula is C17H12Cl2O. The van der Waals surface area contributed by atoms with Crippen LogP contribution < -0.4 is 0 Å². The maximum absolute atomic E-state index is 12.0. The first-order chi connectivity index (χ1) is 9.69. The van der Waals surface area contributed by atoms with Gasteiger partial charge in [0.05, 0.1) is 5.41 Å². The van der Waals surface area contributed by atoms with Gasteiger partial charge in [-0.3, -0.25) is 0 Å². The van der Waals surface area contributed by atoms with Crippen LogP contribution in [0.3, 0.4) is 0 Å². The first-order valence-corrected chi connectivity index (χ1v) is 7.49. The fourth-order valence-electron chi connectivity index (χ4n) is 3.97. The first kappa shape index (κ1) is 12.4. The van der Waals surface area contributed by atoms with Crippen LogP contribution in [-0.2, 0) is 10.2 Å². The summed E-state index contributed by atoms with van der Waals surface area (Å²) in [6.07, 6.45) is 2.83. The second-order valence-corrected chi connectivity index (χ2v) is 6.40. The van der Waals surface area contributed by atoms with Gasteiger partial charge in [0.25, 0.3) is 0 Å². The zero-order chi connectivity index (χ0) is 13.9. The Morgan fingerprint density at radius 1 is 1.00 bits per heavy atom. The number of fused-ring (bicyclic) bond motifs is 1. The minimum absolute atomic E-state index is 0.212. The zero-order valence-corrected chi connectivity index (χ0v) is 12.2. The third-order valence-corrected chi connectivity index (χ3v) is 5.45. The van der Waals surface area contributed by atoms with Crippen molar-refractivity contribution in [3.8, 4) is 0 Å². The van der Waals surface area contributed by atoms with Crippen LogP contribution in [0.5, 0.6) is 0 Å². The van der Waals surface area contributed by atoms with Gasteiger partial charge < -0.3 is 4.79 Å². The molecule has 0 saturated carbocycles. The second kappa shape index (κ2) is 4.09. The number of halogens is 2. The molecule has 0 radical (unpaired) electrons. The lowest BCUT2D eigenvalue weighted by molar-refractivity contribution is -0.112. The van der Waals surface area contributed by atoms with Gasteiger partial charge in [-0.05, 0) is 47.2 Å². The average molecular weight is 303 g/mol. The number of rotatable bonds is 1. The van der Waals surface area contributed by atoms with Gasteiger partial charge in [0, 0.05) is 16.0 Å². The monoisotopic (exact) mass is 302 g/mol. The normalized spacial score (nSPS) is 26.0. The highest BCUT2D eigenvalue weighted by atomic mass is 35.5. The van der Waals surface area contributed by atoms with Crippen LogP contribution in [0.1, 0.15) is 41.0 Å². The van der Waals surface area contributed by atoms with Gasteiger partial charge in [-0.15, -0.1) is 0 Å². The molecule has 0 atom stereocenters. The lowest BCUT2D eigenvalue weighted by Crippen LogP contribution is -2.41. The maximum atomic E-state index is 12.0. The maximum Gasteiger partial charge on any atom is 0.134 e. The standard InChI is InChI=1S/C17H12Cl2O/c18-13-5-1-3-11-15(13)10-7-8-17(11,9-20)12-4-2-6-14(19)16(10)12/h1-6,9-10H,7-8H2. The van der Waals surface area contributed by atoms with Crippen molar-refractivity contribution in [2.45, 2.75) is 24.2 Å². The molecule has 2 bridgehead atoms. The molecule has 0 fully saturated rings. The van der Waals surface area contributed by atoms with E-state index in [-0.39, 0.29) is 5.92 Å². The van der Waals surface area contributed by atoms with Crippen molar-refractivity contribution in [2.24, 2.45) is 0 Å². The van der Waals surface area contributed by atoms with E-state index in [0.29, 0.717) is 0 Å². The van der Waals surface area contributed by atoms with Crippen LogP contribution in [0.4, 0.5) is 0 Å². The van der Waals surface area contributed by atoms with Gasteiger partial charge in [-0.2, -0.15) is 0 Å². The van der Waals surface area contributed by atoms with Gasteiger partial charge in [0.2, 0.25) is 0 Å². The minimum Gasteiger partial charge on any atom is -0.302 e. The predicted molar refractivity (Wildman–Crippen MR) is 80.8 cm³/mol. The summed E-state index contributed by atoms with van der Waals surface area (Å²) in [7, 11) is 0. The van der Waals surface area contributed by atoms with E-state index in [9.17, 15) is 4.79 Å². The van der Waals surface area contributed by atoms with Crippen LogP contribution in [0.15, 0.2) is 36.4 Å². The summed E-state index contributed by atoms with van der Waals surface area (Å²) in [5, 5.41) is 1.48. The largest absolute Gasteiger partial charge is 0.302 e. The molecule has 0 aromatic heterocycles. The van der Waals surface area contributed by atoms with Gasteiger partial charge in [-0.25, -0.2) is 0 Å². The molecule has 20 heavy (non-hydrogen) atoms. The number of hydrogen-bond donors (Lipinski definition) is 0. The number of carbonyl (C=O) groups is 1. The SMILES string of the molecule is O=CC12CCC(c3c(Cl)cccc31)c1c(Cl)cccc12. The molecule has 0 spiro atoms. The summed E-state index contributed by atoms with van der Waals surface area (Å²) >= 11 is 12.8. The minimum atomic E-state index is -0.574.